The van der Waals surface area contributed by atoms with Crippen molar-refractivity contribution in [3.63, 3.8) is 0 Å². The summed E-state index contributed by atoms with van der Waals surface area (Å²) >= 11 is 0. The Labute approximate surface area is 114 Å². The van der Waals surface area contributed by atoms with E-state index in [9.17, 15) is 13.2 Å². The molecule has 0 bridgehead atoms. The van der Waals surface area contributed by atoms with Crippen molar-refractivity contribution in [2.75, 3.05) is 12.4 Å². The fourth-order valence-corrected chi connectivity index (χ4v) is 2.34. The molecule has 0 spiro atoms. The highest BCUT2D eigenvalue weighted by Crippen LogP contribution is 2.35. The fourth-order valence-electron chi connectivity index (χ4n) is 2.34. The van der Waals surface area contributed by atoms with Gasteiger partial charge in [-0.05, 0) is 25.0 Å². The lowest BCUT2D eigenvalue weighted by Crippen LogP contribution is -2.17. The van der Waals surface area contributed by atoms with Gasteiger partial charge in [0.25, 0.3) is 0 Å². The van der Waals surface area contributed by atoms with E-state index in [0.29, 0.717) is 11.1 Å². The summed E-state index contributed by atoms with van der Waals surface area (Å²) in [5, 5.41) is 3.67. The van der Waals surface area contributed by atoms with E-state index in [-0.39, 0.29) is 11.3 Å². The van der Waals surface area contributed by atoms with Gasteiger partial charge in [-0.25, -0.2) is 4.98 Å². The molecule has 0 aliphatic rings. The smallest absolute Gasteiger partial charge is 0.403 e. The zero-order valence-electron chi connectivity index (χ0n) is 11.4. The highest BCUT2D eigenvalue weighted by atomic mass is 19.4. The molecule has 0 aliphatic carbocycles. The molecule has 108 valence electrons. The highest BCUT2D eigenvalue weighted by Gasteiger charge is 2.32. The topological polar surface area (TPSA) is 34.1 Å². The molecule has 1 aromatic heterocycles. The number of hydrogen-bond acceptors (Lipinski definition) is 3. The van der Waals surface area contributed by atoms with Crippen molar-refractivity contribution in [1.29, 1.82) is 0 Å². The van der Waals surface area contributed by atoms with Crippen LogP contribution < -0.4 is 10.1 Å². The van der Waals surface area contributed by atoms with E-state index in [2.05, 4.69) is 15.0 Å². The number of para-hydroxylation sites is 1. The third-order valence-electron chi connectivity index (χ3n) is 3.12. The number of pyridine rings is 1. The van der Waals surface area contributed by atoms with Gasteiger partial charge < -0.3 is 10.1 Å². The van der Waals surface area contributed by atoms with Crippen LogP contribution in [-0.2, 0) is 6.42 Å². The summed E-state index contributed by atoms with van der Waals surface area (Å²) in [6, 6.07) is 4.53. The van der Waals surface area contributed by atoms with Crippen molar-refractivity contribution in [3.05, 3.63) is 29.5 Å². The Bertz CT molecular complexity index is 638. The maximum absolute atomic E-state index is 12.4. The Morgan fingerprint density at radius 2 is 2.00 bits per heavy atom. The zero-order chi connectivity index (χ0) is 14.9. The van der Waals surface area contributed by atoms with Crippen LogP contribution in [0, 0.1) is 6.92 Å². The zero-order valence-corrected chi connectivity index (χ0v) is 11.4. The van der Waals surface area contributed by atoms with Gasteiger partial charge in [-0.3, -0.25) is 0 Å². The third kappa shape index (κ3) is 2.64. The van der Waals surface area contributed by atoms with E-state index < -0.39 is 6.36 Å². The van der Waals surface area contributed by atoms with Crippen LogP contribution >= 0.6 is 0 Å². The Morgan fingerprint density at radius 1 is 1.30 bits per heavy atom. The molecule has 0 aliphatic heterocycles. The first-order valence-corrected chi connectivity index (χ1v) is 6.23. The number of rotatable bonds is 3. The molecule has 3 nitrogen and oxygen atoms in total. The molecule has 0 saturated carbocycles. The van der Waals surface area contributed by atoms with E-state index in [1.807, 2.05) is 6.92 Å². The maximum atomic E-state index is 12.4. The van der Waals surface area contributed by atoms with Crippen LogP contribution in [0.25, 0.3) is 10.9 Å². The summed E-state index contributed by atoms with van der Waals surface area (Å²) in [5.74, 6) is -0.280. The van der Waals surface area contributed by atoms with Gasteiger partial charge >= 0.3 is 6.36 Å². The molecule has 6 heteroatoms. The lowest BCUT2D eigenvalue weighted by atomic mass is 10.0. The van der Waals surface area contributed by atoms with Crippen molar-refractivity contribution >= 4 is 16.6 Å². The number of nitrogens with zero attached hydrogens (tertiary/aromatic N) is 1. The number of alkyl halides is 3. The number of halogens is 3. The molecule has 0 saturated heterocycles. The second-order valence-corrected chi connectivity index (χ2v) is 4.35. The number of anilines is 1. The van der Waals surface area contributed by atoms with Crippen molar-refractivity contribution < 1.29 is 17.9 Å². The first-order valence-electron chi connectivity index (χ1n) is 6.23. The number of aryl methyl sites for hydroxylation is 1. The van der Waals surface area contributed by atoms with Crippen LogP contribution in [0.3, 0.4) is 0 Å². The molecular formula is C14H15F3N2O. The maximum Gasteiger partial charge on any atom is 0.573 e. The summed E-state index contributed by atoms with van der Waals surface area (Å²) in [7, 11) is 1.74. The molecule has 2 rings (SSSR count). The van der Waals surface area contributed by atoms with Crippen molar-refractivity contribution in [3.8, 4) is 5.75 Å². The van der Waals surface area contributed by atoms with E-state index in [0.717, 1.165) is 17.7 Å². The van der Waals surface area contributed by atoms with Crippen LogP contribution in [0.5, 0.6) is 5.75 Å². The van der Waals surface area contributed by atoms with Crippen LogP contribution in [0.1, 0.15) is 18.2 Å². The Kier molecular flexibility index (Phi) is 3.74. The predicted octanol–water partition coefficient (Wildman–Crippen LogP) is 4.05. The van der Waals surface area contributed by atoms with E-state index in [4.69, 9.17) is 0 Å². The summed E-state index contributed by atoms with van der Waals surface area (Å²) in [4.78, 5) is 4.27. The van der Waals surface area contributed by atoms with E-state index >= 15 is 0 Å². The minimum absolute atomic E-state index is 0.212. The SMILES string of the molecule is CCc1c(C)nc2c(OC(F)(F)F)cccc2c1NC. The molecule has 0 amide bonds. The number of ether oxygens (including phenoxy) is 1. The minimum atomic E-state index is -4.73. The summed E-state index contributed by atoms with van der Waals surface area (Å²) < 4.78 is 41.3. The number of nitrogens with one attached hydrogen (secondary N) is 1. The average molecular weight is 284 g/mol. The molecule has 0 unspecified atom stereocenters. The molecule has 20 heavy (non-hydrogen) atoms. The Hall–Kier alpha value is -1.98. The molecule has 1 N–H and O–H groups in total. The van der Waals surface area contributed by atoms with Gasteiger partial charge in [0.15, 0.2) is 5.75 Å². The summed E-state index contributed by atoms with van der Waals surface area (Å²) in [6.07, 6.45) is -3.98. The van der Waals surface area contributed by atoms with Gasteiger partial charge in [0, 0.05) is 23.8 Å². The molecule has 0 fully saturated rings. The van der Waals surface area contributed by atoms with Gasteiger partial charge in [-0.1, -0.05) is 19.1 Å². The van der Waals surface area contributed by atoms with Crippen LogP contribution in [0.15, 0.2) is 18.2 Å². The summed E-state index contributed by atoms with van der Waals surface area (Å²) in [5.41, 5.74) is 2.69. The standard InChI is InChI=1S/C14H15F3N2O/c1-4-9-8(2)19-13-10(12(9)18-3)6-5-7-11(13)20-14(15,16)17/h5-7H,4H2,1-3H3,(H,18,19). The van der Waals surface area contributed by atoms with E-state index in [1.54, 1.807) is 20.0 Å². The van der Waals surface area contributed by atoms with Crippen LogP contribution in [0.2, 0.25) is 0 Å². The van der Waals surface area contributed by atoms with E-state index in [1.165, 1.54) is 12.1 Å². The second kappa shape index (κ2) is 5.19. The number of hydrogen-bond donors (Lipinski definition) is 1. The van der Waals surface area contributed by atoms with Crippen LogP contribution in [0.4, 0.5) is 18.9 Å². The lowest BCUT2D eigenvalue weighted by Gasteiger charge is -2.16. The van der Waals surface area contributed by atoms with Crippen LogP contribution in [-0.4, -0.2) is 18.4 Å². The molecule has 2 aromatic rings. The molecule has 0 radical (unpaired) electrons. The normalized spacial score (nSPS) is 11.7. The molecule has 1 aromatic carbocycles. The minimum Gasteiger partial charge on any atom is -0.403 e. The predicted molar refractivity (Wildman–Crippen MR) is 72.1 cm³/mol. The number of aromatic nitrogens is 1. The quantitative estimate of drug-likeness (QED) is 0.923. The molecular weight excluding hydrogens is 269 g/mol. The van der Waals surface area contributed by atoms with Gasteiger partial charge in [-0.15, -0.1) is 13.2 Å². The Morgan fingerprint density at radius 3 is 2.55 bits per heavy atom. The van der Waals surface area contributed by atoms with Gasteiger partial charge in [0.05, 0.1) is 0 Å². The average Bonchev–Trinajstić information content (AvgIpc) is 2.36. The van der Waals surface area contributed by atoms with Crippen molar-refractivity contribution in [2.24, 2.45) is 0 Å². The van der Waals surface area contributed by atoms with Crippen molar-refractivity contribution in [2.45, 2.75) is 26.6 Å². The van der Waals surface area contributed by atoms with Gasteiger partial charge in [-0.2, -0.15) is 0 Å². The third-order valence-corrected chi connectivity index (χ3v) is 3.12. The lowest BCUT2D eigenvalue weighted by molar-refractivity contribution is -0.274. The van der Waals surface area contributed by atoms with Gasteiger partial charge in [0.1, 0.15) is 5.52 Å². The fraction of sp³-hybridized carbons (Fsp3) is 0.357. The monoisotopic (exact) mass is 284 g/mol. The molecule has 1 heterocycles. The highest BCUT2D eigenvalue weighted by molar-refractivity contribution is 5.96. The summed E-state index contributed by atoms with van der Waals surface area (Å²) in [6.45, 7) is 3.76. The Balaban J connectivity index is 2.73. The number of benzene rings is 1. The second-order valence-electron chi connectivity index (χ2n) is 4.35. The largest absolute Gasteiger partial charge is 0.573 e. The first kappa shape index (κ1) is 14.4. The number of fused-ring (bicyclic) bond motifs is 1. The van der Waals surface area contributed by atoms with Gasteiger partial charge in [0.2, 0.25) is 0 Å². The van der Waals surface area contributed by atoms with Crippen molar-refractivity contribution in [1.82, 2.24) is 4.98 Å². The first-order chi connectivity index (χ1) is 9.37. The molecule has 0 atom stereocenters.